The first-order valence-corrected chi connectivity index (χ1v) is 5.42. The highest BCUT2D eigenvalue weighted by molar-refractivity contribution is 5.49. The molecule has 0 heterocycles. The molecule has 106 valence electrons. The highest BCUT2D eigenvalue weighted by Crippen LogP contribution is 2.35. The molecule has 1 aromatic carbocycles. The number of ether oxygens (including phenoxy) is 2. The van der Waals surface area contributed by atoms with Gasteiger partial charge in [-0.05, 0) is 19.1 Å². The van der Waals surface area contributed by atoms with Crippen molar-refractivity contribution in [1.29, 1.82) is 0 Å². The summed E-state index contributed by atoms with van der Waals surface area (Å²) in [6.07, 6.45) is -4.63. The molecule has 1 aromatic rings. The van der Waals surface area contributed by atoms with E-state index in [2.05, 4.69) is 0 Å². The molecule has 0 aliphatic heterocycles. The number of hydrogen-bond donors (Lipinski definition) is 0. The third-order valence-corrected chi connectivity index (χ3v) is 2.17. The van der Waals surface area contributed by atoms with Crippen molar-refractivity contribution in [2.75, 3.05) is 19.8 Å². The van der Waals surface area contributed by atoms with E-state index in [0.717, 1.165) is 12.1 Å². The fourth-order valence-electron chi connectivity index (χ4n) is 1.31. The van der Waals surface area contributed by atoms with Crippen LogP contribution in [0.5, 0.6) is 5.75 Å². The molecule has 0 saturated heterocycles. The summed E-state index contributed by atoms with van der Waals surface area (Å²) in [6, 6.07) is 2.13. The highest BCUT2D eigenvalue weighted by atomic mass is 19.4. The molecular formula is C11H12F3NO4. The minimum Gasteiger partial charge on any atom is -0.484 e. The zero-order chi connectivity index (χ0) is 14.5. The van der Waals surface area contributed by atoms with Crippen LogP contribution >= 0.6 is 0 Å². The topological polar surface area (TPSA) is 61.6 Å². The van der Waals surface area contributed by atoms with E-state index < -0.39 is 22.4 Å². The molecule has 0 unspecified atom stereocenters. The van der Waals surface area contributed by atoms with Gasteiger partial charge in [-0.1, -0.05) is 0 Å². The fraction of sp³-hybridized carbons (Fsp3) is 0.455. The highest BCUT2D eigenvalue weighted by Gasteiger charge is 2.33. The lowest BCUT2D eigenvalue weighted by molar-refractivity contribution is -0.386. The number of nitro groups is 1. The van der Waals surface area contributed by atoms with Crippen LogP contribution in [0.15, 0.2) is 18.2 Å². The van der Waals surface area contributed by atoms with E-state index in [1.165, 1.54) is 0 Å². The van der Waals surface area contributed by atoms with Crippen LogP contribution in [0.25, 0.3) is 0 Å². The Morgan fingerprint density at radius 1 is 1.32 bits per heavy atom. The molecular weight excluding hydrogens is 267 g/mol. The smallest absolute Gasteiger partial charge is 0.416 e. The minimum atomic E-state index is -4.63. The van der Waals surface area contributed by atoms with Crippen LogP contribution < -0.4 is 4.74 Å². The van der Waals surface area contributed by atoms with Crippen molar-refractivity contribution in [3.8, 4) is 5.75 Å². The Labute approximate surface area is 107 Å². The van der Waals surface area contributed by atoms with E-state index in [1.807, 2.05) is 0 Å². The number of benzene rings is 1. The number of nitrogens with zero attached hydrogens (tertiary/aromatic N) is 1. The molecule has 0 radical (unpaired) electrons. The van der Waals surface area contributed by atoms with Gasteiger partial charge in [0, 0.05) is 12.7 Å². The summed E-state index contributed by atoms with van der Waals surface area (Å²) in [5.74, 6) is -0.210. The van der Waals surface area contributed by atoms with Crippen LogP contribution in [-0.2, 0) is 10.9 Å². The van der Waals surface area contributed by atoms with E-state index >= 15 is 0 Å². The molecule has 5 nitrogen and oxygen atoms in total. The molecule has 0 N–H and O–H groups in total. The summed E-state index contributed by atoms with van der Waals surface area (Å²) in [5, 5.41) is 10.7. The first-order valence-electron chi connectivity index (χ1n) is 5.42. The number of halogens is 3. The number of rotatable bonds is 6. The van der Waals surface area contributed by atoms with Crippen molar-refractivity contribution in [3.05, 3.63) is 33.9 Å². The maximum absolute atomic E-state index is 12.4. The van der Waals surface area contributed by atoms with Gasteiger partial charge >= 0.3 is 11.9 Å². The number of nitro benzene ring substituents is 1. The molecule has 0 atom stereocenters. The molecule has 1 rings (SSSR count). The fourth-order valence-corrected chi connectivity index (χ4v) is 1.31. The number of hydrogen-bond acceptors (Lipinski definition) is 4. The Hall–Kier alpha value is -1.83. The number of alkyl halides is 3. The van der Waals surface area contributed by atoms with E-state index in [4.69, 9.17) is 9.47 Å². The van der Waals surface area contributed by atoms with Gasteiger partial charge in [0.2, 0.25) is 0 Å². The normalized spacial score (nSPS) is 11.4. The Bertz CT molecular complexity index is 448. The molecule has 19 heavy (non-hydrogen) atoms. The van der Waals surface area contributed by atoms with Crippen LogP contribution in [0.1, 0.15) is 12.5 Å². The average Bonchev–Trinajstić information content (AvgIpc) is 2.33. The maximum Gasteiger partial charge on any atom is 0.416 e. The van der Waals surface area contributed by atoms with Crippen LogP contribution in [0.2, 0.25) is 0 Å². The van der Waals surface area contributed by atoms with Crippen molar-refractivity contribution >= 4 is 5.69 Å². The molecule has 0 aliphatic rings. The van der Waals surface area contributed by atoms with Crippen molar-refractivity contribution < 1.29 is 27.6 Å². The summed E-state index contributed by atoms with van der Waals surface area (Å²) < 4.78 is 47.3. The third-order valence-electron chi connectivity index (χ3n) is 2.17. The van der Waals surface area contributed by atoms with Crippen LogP contribution in [0.3, 0.4) is 0 Å². The predicted octanol–water partition coefficient (Wildman–Crippen LogP) is 3.03. The van der Waals surface area contributed by atoms with Crippen molar-refractivity contribution in [2.24, 2.45) is 0 Å². The van der Waals surface area contributed by atoms with Crippen LogP contribution in [0.4, 0.5) is 18.9 Å². The molecule has 0 aliphatic carbocycles. The van der Waals surface area contributed by atoms with E-state index in [0.29, 0.717) is 12.7 Å². The van der Waals surface area contributed by atoms with Gasteiger partial charge in [0.15, 0.2) is 5.75 Å². The summed E-state index contributed by atoms with van der Waals surface area (Å²) >= 11 is 0. The van der Waals surface area contributed by atoms with Gasteiger partial charge in [-0.15, -0.1) is 0 Å². The molecule has 0 aromatic heterocycles. The van der Waals surface area contributed by atoms with E-state index in [9.17, 15) is 23.3 Å². The second-order valence-electron chi connectivity index (χ2n) is 3.48. The van der Waals surface area contributed by atoms with E-state index in [1.54, 1.807) is 6.92 Å². The average molecular weight is 279 g/mol. The summed E-state index contributed by atoms with van der Waals surface area (Å²) in [4.78, 5) is 9.81. The minimum absolute atomic E-state index is 0.0278. The largest absolute Gasteiger partial charge is 0.484 e. The quantitative estimate of drug-likeness (QED) is 0.456. The van der Waals surface area contributed by atoms with Crippen molar-refractivity contribution in [3.63, 3.8) is 0 Å². The van der Waals surface area contributed by atoms with Crippen LogP contribution in [0, 0.1) is 10.1 Å². The SMILES string of the molecule is CCOCCOc1ccc(C(F)(F)F)cc1[N+](=O)[O-]. The standard InChI is InChI=1S/C11H12F3NO4/c1-2-18-5-6-19-10-4-3-8(11(12,13)14)7-9(10)15(16)17/h3-4,7H,2,5-6H2,1H3. The van der Waals surface area contributed by atoms with Gasteiger partial charge in [0.05, 0.1) is 17.1 Å². The molecule has 8 heteroatoms. The zero-order valence-corrected chi connectivity index (χ0v) is 10.1. The predicted molar refractivity (Wildman–Crippen MR) is 60.1 cm³/mol. The second-order valence-corrected chi connectivity index (χ2v) is 3.48. The Morgan fingerprint density at radius 3 is 2.53 bits per heavy atom. The molecule has 0 fully saturated rings. The maximum atomic E-state index is 12.4. The molecule has 0 spiro atoms. The summed E-state index contributed by atoms with van der Waals surface area (Å²) in [5.41, 5.74) is -1.80. The summed E-state index contributed by atoms with van der Waals surface area (Å²) in [6.45, 7) is 2.45. The van der Waals surface area contributed by atoms with Gasteiger partial charge in [-0.2, -0.15) is 13.2 Å². The third kappa shape index (κ3) is 4.40. The van der Waals surface area contributed by atoms with E-state index in [-0.39, 0.29) is 19.0 Å². The Balaban J connectivity index is 2.90. The molecule has 0 saturated carbocycles. The van der Waals surface area contributed by atoms with Gasteiger partial charge in [-0.3, -0.25) is 10.1 Å². The lowest BCUT2D eigenvalue weighted by Crippen LogP contribution is -2.09. The Kier molecular flexibility index (Phi) is 5.11. The second kappa shape index (κ2) is 6.37. The lowest BCUT2D eigenvalue weighted by Gasteiger charge is -2.10. The van der Waals surface area contributed by atoms with Gasteiger partial charge in [0.1, 0.15) is 6.61 Å². The van der Waals surface area contributed by atoms with Crippen molar-refractivity contribution in [1.82, 2.24) is 0 Å². The van der Waals surface area contributed by atoms with Crippen LogP contribution in [-0.4, -0.2) is 24.7 Å². The molecule has 0 amide bonds. The Morgan fingerprint density at radius 2 is 2.00 bits per heavy atom. The first-order chi connectivity index (χ1) is 8.86. The molecule has 0 bridgehead atoms. The lowest BCUT2D eigenvalue weighted by atomic mass is 10.2. The zero-order valence-electron chi connectivity index (χ0n) is 10.1. The first kappa shape index (κ1) is 15.2. The van der Waals surface area contributed by atoms with Gasteiger partial charge in [0.25, 0.3) is 0 Å². The van der Waals surface area contributed by atoms with Gasteiger partial charge < -0.3 is 9.47 Å². The van der Waals surface area contributed by atoms with Crippen molar-refractivity contribution in [2.45, 2.75) is 13.1 Å². The van der Waals surface area contributed by atoms with Gasteiger partial charge in [-0.25, -0.2) is 0 Å². The monoisotopic (exact) mass is 279 g/mol. The summed E-state index contributed by atoms with van der Waals surface area (Å²) in [7, 11) is 0.